The van der Waals surface area contributed by atoms with Crippen LogP contribution >= 0.6 is 11.3 Å². The van der Waals surface area contributed by atoms with Gasteiger partial charge in [0.25, 0.3) is 0 Å². The summed E-state index contributed by atoms with van der Waals surface area (Å²) in [6.07, 6.45) is 0.126. The lowest BCUT2D eigenvalue weighted by Gasteiger charge is -2.06. The summed E-state index contributed by atoms with van der Waals surface area (Å²) in [5.74, 6) is -0.877. The first-order chi connectivity index (χ1) is 6.11. The van der Waals surface area contributed by atoms with E-state index in [1.807, 2.05) is 13.8 Å². The van der Waals surface area contributed by atoms with Crippen LogP contribution in [-0.4, -0.2) is 17.2 Å². The molecule has 13 heavy (non-hydrogen) atoms. The van der Waals surface area contributed by atoms with Crippen LogP contribution in [0, 0.1) is 0 Å². The molecule has 0 aliphatic heterocycles. The maximum Gasteiger partial charge on any atom is 0.346 e. The molecule has 1 aromatic rings. The number of aromatic carboxylic acids is 1. The highest BCUT2D eigenvalue weighted by Gasteiger charge is 2.11. The quantitative estimate of drug-likeness (QED) is 0.811. The van der Waals surface area contributed by atoms with Crippen LogP contribution in [0.2, 0.25) is 0 Å². The number of carboxylic acid groups (broad SMARTS) is 1. The molecule has 0 aliphatic rings. The Hall–Kier alpha value is -0.870. The zero-order valence-corrected chi connectivity index (χ0v) is 8.43. The van der Waals surface area contributed by atoms with Crippen molar-refractivity contribution < 1.29 is 14.6 Å². The maximum atomic E-state index is 10.7. The van der Waals surface area contributed by atoms with Gasteiger partial charge in [0, 0.05) is 5.56 Å². The lowest BCUT2D eigenvalue weighted by Crippen LogP contribution is -2.04. The lowest BCUT2D eigenvalue weighted by molar-refractivity contribution is 0.0613. The van der Waals surface area contributed by atoms with Gasteiger partial charge in [-0.15, -0.1) is 11.3 Å². The normalized spacial score (nSPS) is 10.7. The standard InChI is InChI=1S/C9H12O3S/c1-6(2)12-5-7-3-4-13-8(7)9(10)11/h3-4,6H,5H2,1-2H3,(H,10,11). The Morgan fingerprint density at radius 1 is 1.69 bits per heavy atom. The average molecular weight is 200 g/mol. The van der Waals surface area contributed by atoms with Gasteiger partial charge >= 0.3 is 5.97 Å². The summed E-state index contributed by atoms with van der Waals surface area (Å²) in [6, 6.07) is 1.79. The fraction of sp³-hybridized carbons (Fsp3) is 0.444. The van der Waals surface area contributed by atoms with E-state index in [0.717, 1.165) is 5.56 Å². The SMILES string of the molecule is CC(C)OCc1ccsc1C(=O)O. The minimum absolute atomic E-state index is 0.126. The summed E-state index contributed by atoms with van der Waals surface area (Å²) in [6.45, 7) is 4.22. The van der Waals surface area contributed by atoms with Crippen LogP contribution < -0.4 is 0 Å². The molecule has 3 nitrogen and oxygen atoms in total. The van der Waals surface area contributed by atoms with Crippen LogP contribution in [-0.2, 0) is 11.3 Å². The van der Waals surface area contributed by atoms with Crippen LogP contribution in [0.5, 0.6) is 0 Å². The van der Waals surface area contributed by atoms with Crippen molar-refractivity contribution in [2.75, 3.05) is 0 Å². The highest BCUT2D eigenvalue weighted by atomic mass is 32.1. The minimum Gasteiger partial charge on any atom is -0.477 e. The Kier molecular flexibility index (Phi) is 3.45. The van der Waals surface area contributed by atoms with Gasteiger partial charge in [-0.2, -0.15) is 0 Å². The van der Waals surface area contributed by atoms with E-state index < -0.39 is 5.97 Å². The third-order valence-corrected chi connectivity index (χ3v) is 2.46. The zero-order chi connectivity index (χ0) is 9.84. The van der Waals surface area contributed by atoms with E-state index in [2.05, 4.69) is 0 Å². The molecule has 0 atom stereocenters. The molecule has 0 saturated heterocycles. The zero-order valence-electron chi connectivity index (χ0n) is 7.61. The van der Waals surface area contributed by atoms with Crippen LogP contribution in [0.4, 0.5) is 0 Å². The second-order valence-corrected chi connectivity index (χ2v) is 3.86. The van der Waals surface area contributed by atoms with Crippen molar-refractivity contribution in [1.82, 2.24) is 0 Å². The van der Waals surface area contributed by atoms with Gasteiger partial charge < -0.3 is 9.84 Å². The van der Waals surface area contributed by atoms with Gasteiger partial charge in [-0.25, -0.2) is 4.79 Å². The first kappa shape index (κ1) is 10.2. The molecule has 0 fully saturated rings. The summed E-state index contributed by atoms with van der Waals surface area (Å²) < 4.78 is 5.32. The van der Waals surface area contributed by atoms with Crippen molar-refractivity contribution in [2.24, 2.45) is 0 Å². The molecular formula is C9H12O3S. The molecule has 0 bridgehead atoms. The minimum atomic E-state index is -0.877. The van der Waals surface area contributed by atoms with E-state index >= 15 is 0 Å². The van der Waals surface area contributed by atoms with Crippen LogP contribution in [0.3, 0.4) is 0 Å². The summed E-state index contributed by atoms with van der Waals surface area (Å²) >= 11 is 1.23. The molecule has 0 aliphatic carbocycles. The Morgan fingerprint density at radius 2 is 2.38 bits per heavy atom. The van der Waals surface area contributed by atoms with Crippen LogP contribution in [0.1, 0.15) is 29.1 Å². The monoisotopic (exact) mass is 200 g/mol. The smallest absolute Gasteiger partial charge is 0.346 e. The Labute approximate surface area is 81.0 Å². The third kappa shape index (κ3) is 2.82. The fourth-order valence-electron chi connectivity index (χ4n) is 0.893. The van der Waals surface area contributed by atoms with Gasteiger partial charge in [0.15, 0.2) is 0 Å². The predicted octanol–water partition coefficient (Wildman–Crippen LogP) is 2.37. The summed E-state index contributed by atoms with van der Waals surface area (Å²) in [4.78, 5) is 11.1. The molecule has 1 aromatic heterocycles. The second kappa shape index (κ2) is 4.39. The maximum absolute atomic E-state index is 10.7. The van der Waals surface area contributed by atoms with Crippen molar-refractivity contribution in [3.63, 3.8) is 0 Å². The summed E-state index contributed by atoms with van der Waals surface area (Å²) in [5, 5.41) is 10.5. The number of ether oxygens (including phenoxy) is 1. The second-order valence-electron chi connectivity index (χ2n) is 2.94. The van der Waals surface area contributed by atoms with Gasteiger partial charge in [0.2, 0.25) is 0 Å². The van der Waals surface area contributed by atoms with Gasteiger partial charge in [0.05, 0.1) is 12.7 Å². The Balaban J connectivity index is 2.65. The number of carboxylic acids is 1. The molecule has 0 aromatic carbocycles. The fourth-order valence-corrected chi connectivity index (χ4v) is 1.64. The van der Waals surface area contributed by atoms with E-state index in [-0.39, 0.29) is 6.10 Å². The molecule has 1 N–H and O–H groups in total. The molecular weight excluding hydrogens is 188 g/mol. The van der Waals surface area contributed by atoms with Gasteiger partial charge in [0.1, 0.15) is 4.88 Å². The molecule has 0 saturated carbocycles. The van der Waals surface area contributed by atoms with E-state index in [1.54, 1.807) is 11.4 Å². The largest absolute Gasteiger partial charge is 0.477 e. The molecule has 0 spiro atoms. The molecule has 0 amide bonds. The summed E-state index contributed by atoms with van der Waals surface area (Å²) in [5.41, 5.74) is 0.756. The number of carbonyl (C=O) groups is 1. The summed E-state index contributed by atoms with van der Waals surface area (Å²) in [7, 11) is 0. The molecule has 72 valence electrons. The van der Waals surface area contributed by atoms with Crippen LogP contribution in [0.25, 0.3) is 0 Å². The van der Waals surface area contributed by atoms with E-state index in [9.17, 15) is 4.79 Å². The Morgan fingerprint density at radius 3 is 2.92 bits per heavy atom. The average Bonchev–Trinajstić information content (AvgIpc) is 2.47. The van der Waals surface area contributed by atoms with Crippen LogP contribution in [0.15, 0.2) is 11.4 Å². The van der Waals surface area contributed by atoms with E-state index in [4.69, 9.17) is 9.84 Å². The highest BCUT2D eigenvalue weighted by molar-refractivity contribution is 7.12. The third-order valence-electron chi connectivity index (χ3n) is 1.51. The number of thiophene rings is 1. The molecule has 4 heteroatoms. The van der Waals surface area contributed by atoms with Crippen molar-refractivity contribution in [3.05, 3.63) is 21.9 Å². The van der Waals surface area contributed by atoms with Crippen molar-refractivity contribution in [1.29, 1.82) is 0 Å². The molecule has 1 rings (SSSR count). The highest BCUT2D eigenvalue weighted by Crippen LogP contribution is 2.17. The molecule has 0 unspecified atom stereocenters. The van der Waals surface area contributed by atoms with Crippen molar-refractivity contribution in [2.45, 2.75) is 26.6 Å². The van der Waals surface area contributed by atoms with E-state index in [0.29, 0.717) is 11.5 Å². The number of hydrogen-bond donors (Lipinski definition) is 1. The Bertz CT molecular complexity index is 291. The predicted molar refractivity (Wildman–Crippen MR) is 51.2 cm³/mol. The first-order valence-corrected chi connectivity index (χ1v) is 4.90. The van der Waals surface area contributed by atoms with Gasteiger partial charge in [-0.1, -0.05) is 0 Å². The topological polar surface area (TPSA) is 46.5 Å². The lowest BCUT2D eigenvalue weighted by atomic mass is 10.3. The number of hydrogen-bond acceptors (Lipinski definition) is 3. The number of rotatable bonds is 4. The van der Waals surface area contributed by atoms with Gasteiger partial charge in [-0.05, 0) is 25.3 Å². The molecule has 0 radical (unpaired) electrons. The van der Waals surface area contributed by atoms with Crippen molar-refractivity contribution in [3.8, 4) is 0 Å². The van der Waals surface area contributed by atoms with Gasteiger partial charge in [-0.3, -0.25) is 0 Å². The molecule has 1 heterocycles. The van der Waals surface area contributed by atoms with E-state index in [1.165, 1.54) is 11.3 Å². The van der Waals surface area contributed by atoms with Crippen molar-refractivity contribution >= 4 is 17.3 Å². The first-order valence-electron chi connectivity index (χ1n) is 4.02.